The van der Waals surface area contributed by atoms with Gasteiger partial charge >= 0.3 is 0 Å². The molecule has 0 aliphatic carbocycles. The minimum atomic E-state index is -0.977. The standard InChI is InChI=1S/C16H14F2N2O2S/c17-12-7-6-11(8-13(12)18)23-9-14(21)20-15(16(19)22)10-4-2-1-3-5-10/h1-8,15H,9H2,(H2,19,22)(H,20,21). The van der Waals surface area contributed by atoms with Gasteiger partial charge in [0.15, 0.2) is 11.6 Å². The minimum Gasteiger partial charge on any atom is -0.368 e. The number of rotatable bonds is 6. The molecule has 0 aliphatic rings. The Morgan fingerprint density at radius 3 is 2.39 bits per heavy atom. The van der Waals surface area contributed by atoms with Crippen LogP contribution >= 0.6 is 11.8 Å². The van der Waals surface area contributed by atoms with E-state index in [0.29, 0.717) is 10.5 Å². The molecule has 0 spiro atoms. The third-order valence-corrected chi connectivity index (χ3v) is 3.98. The molecule has 0 radical (unpaired) electrons. The van der Waals surface area contributed by atoms with Gasteiger partial charge in [0.05, 0.1) is 5.75 Å². The van der Waals surface area contributed by atoms with Crippen LogP contribution in [-0.4, -0.2) is 17.6 Å². The van der Waals surface area contributed by atoms with E-state index in [-0.39, 0.29) is 5.75 Å². The lowest BCUT2D eigenvalue weighted by Gasteiger charge is -2.15. The predicted molar refractivity (Wildman–Crippen MR) is 83.6 cm³/mol. The summed E-state index contributed by atoms with van der Waals surface area (Å²) >= 11 is 1.03. The number of halogens is 2. The van der Waals surface area contributed by atoms with Gasteiger partial charge in [-0.25, -0.2) is 8.78 Å². The second kappa shape index (κ2) is 7.73. The second-order valence-electron chi connectivity index (χ2n) is 4.68. The Balaban J connectivity index is 1.97. The summed E-state index contributed by atoms with van der Waals surface area (Å²) in [5.41, 5.74) is 5.88. The number of hydrogen-bond acceptors (Lipinski definition) is 3. The van der Waals surface area contributed by atoms with Crippen LogP contribution < -0.4 is 11.1 Å². The average molecular weight is 336 g/mol. The molecular weight excluding hydrogens is 322 g/mol. The van der Waals surface area contributed by atoms with Crippen LogP contribution in [0.4, 0.5) is 8.78 Å². The molecule has 0 heterocycles. The van der Waals surface area contributed by atoms with Gasteiger partial charge < -0.3 is 11.1 Å². The van der Waals surface area contributed by atoms with Gasteiger partial charge in [-0.15, -0.1) is 11.8 Å². The molecule has 7 heteroatoms. The summed E-state index contributed by atoms with van der Waals surface area (Å²) in [6.45, 7) is 0. The van der Waals surface area contributed by atoms with E-state index < -0.39 is 29.5 Å². The quantitative estimate of drug-likeness (QED) is 0.796. The molecule has 2 amide bonds. The van der Waals surface area contributed by atoms with Gasteiger partial charge in [0.25, 0.3) is 0 Å². The molecule has 1 unspecified atom stereocenters. The lowest BCUT2D eigenvalue weighted by molar-refractivity contribution is -0.126. The molecule has 2 aromatic rings. The zero-order valence-electron chi connectivity index (χ0n) is 12.0. The van der Waals surface area contributed by atoms with Crippen molar-refractivity contribution >= 4 is 23.6 Å². The lowest BCUT2D eigenvalue weighted by Crippen LogP contribution is -2.38. The Hall–Kier alpha value is -2.41. The number of nitrogens with two attached hydrogens (primary N) is 1. The zero-order chi connectivity index (χ0) is 16.8. The second-order valence-corrected chi connectivity index (χ2v) is 5.73. The summed E-state index contributed by atoms with van der Waals surface area (Å²) in [6, 6.07) is 11.0. The van der Waals surface area contributed by atoms with Crippen molar-refractivity contribution in [1.82, 2.24) is 5.32 Å². The maximum absolute atomic E-state index is 13.1. The van der Waals surface area contributed by atoms with E-state index >= 15 is 0 Å². The van der Waals surface area contributed by atoms with E-state index in [2.05, 4.69) is 5.32 Å². The van der Waals surface area contributed by atoms with E-state index in [1.165, 1.54) is 6.07 Å². The number of carbonyl (C=O) groups excluding carboxylic acids is 2. The van der Waals surface area contributed by atoms with Crippen LogP contribution in [0.1, 0.15) is 11.6 Å². The fourth-order valence-corrected chi connectivity index (χ4v) is 2.61. The third kappa shape index (κ3) is 4.79. The normalized spacial score (nSPS) is 11.7. The summed E-state index contributed by atoms with van der Waals surface area (Å²) in [6.07, 6.45) is 0. The predicted octanol–water partition coefficient (Wildman–Crippen LogP) is 2.40. The molecule has 120 valence electrons. The van der Waals surface area contributed by atoms with Crippen LogP contribution in [0.3, 0.4) is 0 Å². The molecule has 0 fully saturated rings. The van der Waals surface area contributed by atoms with Gasteiger partial charge in [0, 0.05) is 4.90 Å². The Morgan fingerprint density at radius 1 is 1.09 bits per heavy atom. The zero-order valence-corrected chi connectivity index (χ0v) is 12.8. The molecular formula is C16H14F2N2O2S. The number of carbonyl (C=O) groups is 2. The van der Waals surface area contributed by atoms with Gasteiger partial charge in [-0.05, 0) is 23.8 Å². The highest BCUT2D eigenvalue weighted by Gasteiger charge is 2.19. The Kier molecular flexibility index (Phi) is 5.70. The number of primary amides is 1. The minimum absolute atomic E-state index is 0.0539. The summed E-state index contributed by atoms with van der Waals surface area (Å²) in [7, 11) is 0. The molecule has 23 heavy (non-hydrogen) atoms. The summed E-state index contributed by atoms with van der Waals surface area (Å²) in [5, 5.41) is 2.53. The van der Waals surface area contributed by atoms with Crippen molar-refractivity contribution < 1.29 is 18.4 Å². The maximum atomic E-state index is 13.1. The average Bonchev–Trinajstić information content (AvgIpc) is 2.54. The molecule has 0 saturated carbocycles. The summed E-state index contributed by atoms with van der Waals surface area (Å²) in [4.78, 5) is 23.9. The highest BCUT2D eigenvalue weighted by Crippen LogP contribution is 2.20. The first-order valence-electron chi connectivity index (χ1n) is 6.69. The largest absolute Gasteiger partial charge is 0.368 e. The SMILES string of the molecule is NC(=O)C(NC(=O)CSc1ccc(F)c(F)c1)c1ccccc1. The van der Waals surface area contributed by atoms with Crippen LogP contribution in [0, 0.1) is 11.6 Å². The van der Waals surface area contributed by atoms with Crippen molar-refractivity contribution in [2.24, 2.45) is 5.73 Å². The van der Waals surface area contributed by atoms with Gasteiger partial charge in [-0.1, -0.05) is 30.3 Å². The van der Waals surface area contributed by atoms with E-state index in [4.69, 9.17) is 5.73 Å². The van der Waals surface area contributed by atoms with Crippen LogP contribution in [0.25, 0.3) is 0 Å². The third-order valence-electron chi connectivity index (χ3n) is 2.98. The molecule has 4 nitrogen and oxygen atoms in total. The van der Waals surface area contributed by atoms with E-state index in [1.807, 2.05) is 0 Å². The van der Waals surface area contributed by atoms with Crippen molar-refractivity contribution in [3.8, 4) is 0 Å². The Labute approximate surface area is 136 Å². The molecule has 0 bridgehead atoms. The first-order chi connectivity index (χ1) is 11.0. The molecule has 2 aromatic carbocycles. The van der Waals surface area contributed by atoms with Crippen LogP contribution in [0.15, 0.2) is 53.4 Å². The fraction of sp³-hybridized carbons (Fsp3) is 0.125. The molecule has 0 saturated heterocycles. The first kappa shape index (κ1) is 17.0. The summed E-state index contributed by atoms with van der Waals surface area (Å²) < 4.78 is 25.9. The molecule has 0 aliphatic heterocycles. The van der Waals surface area contributed by atoms with Crippen molar-refractivity contribution in [3.05, 3.63) is 65.7 Å². The van der Waals surface area contributed by atoms with Crippen molar-refractivity contribution in [2.75, 3.05) is 5.75 Å². The van der Waals surface area contributed by atoms with Gasteiger partial charge in [-0.2, -0.15) is 0 Å². The fourth-order valence-electron chi connectivity index (χ4n) is 1.88. The van der Waals surface area contributed by atoms with Crippen LogP contribution in [-0.2, 0) is 9.59 Å². The van der Waals surface area contributed by atoms with Gasteiger partial charge in [0.1, 0.15) is 6.04 Å². The maximum Gasteiger partial charge on any atom is 0.244 e. The van der Waals surface area contributed by atoms with Crippen LogP contribution in [0.2, 0.25) is 0 Å². The molecule has 2 rings (SSSR count). The van der Waals surface area contributed by atoms with Crippen molar-refractivity contribution in [2.45, 2.75) is 10.9 Å². The number of hydrogen-bond donors (Lipinski definition) is 2. The number of amides is 2. The first-order valence-corrected chi connectivity index (χ1v) is 7.67. The molecule has 0 aromatic heterocycles. The highest BCUT2D eigenvalue weighted by atomic mass is 32.2. The van der Waals surface area contributed by atoms with Crippen molar-refractivity contribution in [1.29, 1.82) is 0 Å². The van der Waals surface area contributed by atoms with Crippen molar-refractivity contribution in [3.63, 3.8) is 0 Å². The Bertz CT molecular complexity index is 710. The lowest BCUT2D eigenvalue weighted by atomic mass is 10.1. The van der Waals surface area contributed by atoms with Gasteiger partial charge in [0.2, 0.25) is 11.8 Å². The number of nitrogens with one attached hydrogen (secondary N) is 1. The van der Waals surface area contributed by atoms with Crippen LogP contribution in [0.5, 0.6) is 0 Å². The van der Waals surface area contributed by atoms with E-state index in [0.717, 1.165) is 23.9 Å². The summed E-state index contributed by atoms with van der Waals surface area (Å²) in [5.74, 6) is -3.09. The Morgan fingerprint density at radius 2 is 1.78 bits per heavy atom. The topological polar surface area (TPSA) is 72.2 Å². The van der Waals surface area contributed by atoms with E-state index in [9.17, 15) is 18.4 Å². The molecule has 1 atom stereocenters. The smallest absolute Gasteiger partial charge is 0.244 e. The highest BCUT2D eigenvalue weighted by molar-refractivity contribution is 8.00. The monoisotopic (exact) mass is 336 g/mol. The van der Waals surface area contributed by atoms with E-state index in [1.54, 1.807) is 30.3 Å². The van der Waals surface area contributed by atoms with Gasteiger partial charge in [-0.3, -0.25) is 9.59 Å². The number of benzene rings is 2. The molecule has 3 N–H and O–H groups in total. The number of thioether (sulfide) groups is 1.